The van der Waals surface area contributed by atoms with Crippen LogP contribution in [0.4, 0.5) is 33.1 Å². The summed E-state index contributed by atoms with van der Waals surface area (Å²) in [5.41, 5.74) is 9.26. The van der Waals surface area contributed by atoms with Crippen molar-refractivity contribution in [2.75, 3.05) is 104 Å². The number of rotatable bonds is 14. The summed E-state index contributed by atoms with van der Waals surface area (Å²) in [6.45, 7) is 27.3. The first-order chi connectivity index (χ1) is 49.7. The van der Waals surface area contributed by atoms with Gasteiger partial charge in [0.1, 0.15) is 34.6 Å². The molecule has 1 aliphatic rings. The van der Waals surface area contributed by atoms with Gasteiger partial charge in [-0.1, -0.05) is 181 Å². The van der Waals surface area contributed by atoms with Gasteiger partial charge in [0.25, 0.3) is 0 Å². The third-order valence-electron chi connectivity index (χ3n) is 13.2. The molecule has 10 aromatic rings. The molecule has 24 heteroatoms. The van der Waals surface area contributed by atoms with Gasteiger partial charge in [0.15, 0.2) is 0 Å². The van der Waals surface area contributed by atoms with Crippen LogP contribution in [0.15, 0.2) is 182 Å². The highest BCUT2D eigenvalue weighted by Crippen LogP contribution is 2.32. The van der Waals surface area contributed by atoms with Crippen LogP contribution < -0.4 is 37.2 Å². The highest BCUT2D eigenvalue weighted by molar-refractivity contribution is 6.67. The lowest BCUT2D eigenvalue weighted by Crippen LogP contribution is -2.48. The van der Waals surface area contributed by atoms with Crippen LogP contribution in [-0.2, 0) is 24.0 Å². The molecule has 0 spiro atoms. The predicted molar refractivity (Wildman–Crippen MR) is 438 cm³/mol. The molecule has 1 saturated heterocycles. The monoisotopic (exact) mass is 1500 g/mol. The number of nitrogen functional groups attached to an aromatic ring is 1. The number of likely N-dealkylation sites (N-methyl/N-ethyl adjacent to an activating group) is 1. The molecule has 0 saturated carbocycles. The van der Waals surface area contributed by atoms with Crippen LogP contribution in [0.1, 0.15) is 90.9 Å². The highest BCUT2D eigenvalue weighted by atomic mass is 35.5. The average molecular weight is 1500 g/mol. The third kappa shape index (κ3) is 35.1. The van der Waals surface area contributed by atoms with Crippen LogP contribution in [0.5, 0.6) is 28.7 Å². The van der Waals surface area contributed by atoms with Crippen molar-refractivity contribution in [3.05, 3.63) is 182 Å². The summed E-state index contributed by atoms with van der Waals surface area (Å²) in [6, 6.07) is 53.6. The van der Waals surface area contributed by atoms with Crippen LogP contribution in [0, 0.1) is 0 Å². The van der Waals surface area contributed by atoms with E-state index in [9.17, 15) is 49.5 Å². The molecule has 14 N–H and O–H groups in total. The fraction of sp³-hybridized carbons (Fsp3) is 0.312. The number of aromatic hydroxyl groups is 5. The second-order valence-electron chi connectivity index (χ2n) is 20.6. The van der Waals surface area contributed by atoms with Gasteiger partial charge in [-0.25, -0.2) is 0 Å². The van der Waals surface area contributed by atoms with Crippen LogP contribution >= 0.6 is 34.8 Å². The molecular weight excluding hydrogens is 1390 g/mol. The molecule has 1 aliphatic heterocycles. The zero-order valence-corrected chi connectivity index (χ0v) is 64.3. The summed E-state index contributed by atoms with van der Waals surface area (Å²) >= 11 is 15.0. The van der Waals surface area contributed by atoms with E-state index in [4.69, 9.17) is 50.7 Å². The van der Waals surface area contributed by atoms with Gasteiger partial charge in [0.2, 0.25) is 28.9 Å². The number of amides is 4. The number of benzene rings is 10. The number of phenolic OH excluding ortho intramolecular Hbond substituents is 5. The summed E-state index contributed by atoms with van der Waals surface area (Å²) in [7, 11) is 1.77. The number of halogens is 4. The smallest absolute Gasteiger partial charge is 0.241 e. The fourth-order valence-corrected chi connectivity index (χ4v) is 9.14. The van der Waals surface area contributed by atoms with Gasteiger partial charge < -0.3 is 73.0 Å². The fourth-order valence-electron chi connectivity index (χ4n) is 9.08. The van der Waals surface area contributed by atoms with Crippen molar-refractivity contribution >= 4 is 146 Å². The van der Waals surface area contributed by atoms with E-state index in [0.717, 1.165) is 66.1 Å². The molecule has 20 nitrogen and oxygen atoms in total. The van der Waals surface area contributed by atoms with Gasteiger partial charge >= 0.3 is 0 Å². The minimum absolute atomic E-state index is 0. The number of phenols is 5. The predicted octanol–water partition coefficient (Wildman–Crippen LogP) is 16.7. The molecule has 1 fully saturated rings. The van der Waals surface area contributed by atoms with E-state index in [-0.39, 0.29) is 96.6 Å². The third-order valence-corrected chi connectivity index (χ3v) is 14.0. The Balaban J connectivity index is -0.00000117. The number of hydrogen-bond acceptors (Lipinski definition) is 16. The zero-order chi connectivity index (χ0) is 77.8. The molecule has 0 atom stereocenters. The van der Waals surface area contributed by atoms with Crippen molar-refractivity contribution in [3.8, 4) is 28.7 Å². The van der Waals surface area contributed by atoms with E-state index >= 15 is 0 Å². The maximum absolute atomic E-state index is 11.9. The lowest BCUT2D eigenvalue weighted by Gasteiger charge is -2.28. The van der Waals surface area contributed by atoms with Crippen molar-refractivity contribution in [3.63, 3.8) is 0 Å². The molecule has 104 heavy (non-hydrogen) atoms. The number of anilines is 5. The first-order valence-electron chi connectivity index (χ1n) is 34.4. The minimum atomic E-state index is -0.508. The summed E-state index contributed by atoms with van der Waals surface area (Å²) in [5, 5.41) is 87.4. The second kappa shape index (κ2) is 56.9. The molecule has 1 heterocycles. The zero-order valence-electron chi connectivity index (χ0n) is 62.0. The molecule has 0 aromatic heterocycles. The van der Waals surface area contributed by atoms with E-state index in [0.29, 0.717) is 48.9 Å². The quantitative estimate of drug-likeness (QED) is 0.0208. The molecule has 4 amide bonds. The van der Waals surface area contributed by atoms with Crippen LogP contribution in [-0.4, -0.2) is 147 Å². The number of fused-ring (bicyclic) bond motifs is 5. The normalized spacial score (nSPS) is 10.5. The average Bonchev–Trinajstić information content (AvgIpc) is 0.812. The highest BCUT2D eigenvalue weighted by Gasteiger charge is 2.21. The Bertz CT molecular complexity index is 4130. The standard InChI is InChI=1S/C15H18N2O3.C14H16N2O3.C14H14N2O2.C12H10ClNO2.C10H9NO.C3H8.C2H2Cl2O.5C2H6.FH.H2/c1-17(7-8-18)10-15(20)16-14-4-2-3-11-5-6-12(19)9-13(11)14;17-7-6-15-9-14(19)16-13-3-1-2-10-4-5-11(18)8-12(10)13;17-11-5-4-10-2-1-3-13(12(10)8-11)16-7-6-15-9-14(16)18;13-7-12(16)14-11-3-1-2-8-4-5-9(15)6-10(8)11;11-10-3-1-2-7-4-5-8(12)6-9(7)10;1-3-2;3-1-2(4)5;5*1-2;;/h2-6,9,18-19H,7-8,10H2,1H3,(H,16,20);1-5,8,15,17-18H,6-7,9H2,(H,16,19);1-5,8,15,17H,6-7,9H2;1-6,15H,7H2,(H,14,16);1-6,12H,11H2;3H2,1-2H3;1H2;5*1-2H3;2*1H/i;;;;;;;;;;;;;1+2. The Kier molecular flexibility index (Phi) is 52.8. The van der Waals surface area contributed by atoms with Crippen molar-refractivity contribution in [2.45, 2.75) is 89.5 Å². The van der Waals surface area contributed by atoms with Gasteiger partial charge in [0, 0.05) is 77.3 Å². The number of nitrogens with two attached hydrogens (primary N) is 1. The Morgan fingerprint density at radius 2 is 0.856 bits per heavy atom. The molecular formula is C80H110Cl3FN8O12. The summed E-state index contributed by atoms with van der Waals surface area (Å²) < 4.78 is 0. The van der Waals surface area contributed by atoms with Crippen molar-refractivity contribution in [1.82, 2.24) is 15.5 Å². The van der Waals surface area contributed by atoms with Gasteiger partial charge in [-0.2, -0.15) is 0 Å². The number of hydrogen-bond donors (Lipinski definition) is 13. The number of carbonyl (C=O) groups excluding carboxylic acids is 5. The summed E-state index contributed by atoms with van der Waals surface area (Å²) in [4.78, 5) is 59.7. The van der Waals surface area contributed by atoms with Gasteiger partial charge in [-0.15, -0.1) is 23.2 Å². The van der Waals surface area contributed by atoms with Crippen LogP contribution in [0.3, 0.4) is 0 Å². The molecule has 0 aliphatic carbocycles. The number of aliphatic hydroxyl groups is 2. The summed E-state index contributed by atoms with van der Waals surface area (Å²) in [5.74, 6) is 0.231. The maximum atomic E-state index is 11.9. The van der Waals surface area contributed by atoms with Crippen LogP contribution in [0.25, 0.3) is 53.9 Å². The van der Waals surface area contributed by atoms with Crippen molar-refractivity contribution in [1.29, 1.82) is 0 Å². The molecule has 0 unspecified atom stereocenters. The molecule has 0 bridgehead atoms. The first kappa shape index (κ1) is 96.5. The number of alkyl halides is 2. The SMILES string of the molecule is CC.CC.CC.CC.CC.CCC.CN(CCO)CC(=O)Nc1cccc2ccc(O)cc12.F.Nc1cccc2ccc(O)cc12.O=C(CCl)Nc1cccc2ccc(O)cc12.O=C(CNCCO)Nc1cccc2ccc(O)cc12.O=C(Cl)CCl.O=C1CNCCN1c1cccc2ccc(O)cc12.[3HH]. The Morgan fingerprint density at radius 1 is 0.510 bits per heavy atom. The van der Waals surface area contributed by atoms with E-state index in [1.54, 1.807) is 114 Å². The molecule has 11 rings (SSSR count). The number of aliphatic hydroxyl groups excluding tert-OH is 2. The number of nitrogens with one attached hydrogen (secondary N) is 5. The topological polar surface area (TPSA) is 320 Å². The van der Waals surface area contributed by atoms with Gasteiger partial charge in [-0.3, -0.25) is 33.6 Å². The van der Waals surface area contributed by atoms with Crippen molar-refractivity contribution < 1.29 is 65.8 Å². The largest absolute Gasteiger partial charge is 0.508 e. The summed E-state index contributed by atoms with van der Waals surface area (Å²) in [6.07, 6.45) is 1.25. The van der Waals surface area contributed by atoms with E-state index < -0.39 is 5.24 Å². The van der Waals surface area contributed by atoms with Gasteiger partial charge in [0.05, 0.1) is 44.4 Å². The number of carbonyl (C=O) groups is 5. The Morgan fingerprint density at radius 3 is 1.23 bits per heavy atom. The molecule has 0 radical (unpaired) electrons. The maximum Gasteiger partial charge on any atom is 0.241 e. The lowest BCUT2D eigenvalue weighted by atomic mass is 10.1. The van der Waals surface area contributed by atoms with Crippen molar-refractivity contribution in [2.24, 2.45) is 0 Å². The van der Waals surface area contributed by atoms with Gasteiger partial charge in [-0.05, 0) is 137 Å². The Hall–Kier alpha value is -9.55. The van der Waals surface area contributed by atoms with E-state index in [1.807, 2.05) is 154 Å². The second-order valence-corrected chi connectivity index (χ2v) is 21.6. The van der Waals surface area contributed by atoms with E-state index in [1.165, 1.54) is 6.42 Å². The minimum Gasteiger partial charge on any atom is -0.508 e. The Labute approximate surface area is 628 Å². The molecule has 570 valence electrons. The lowest BCUT2D eigenvalue weighted by molar-refractivity contribution is -0.119. The first-order valence-corrected chi connectivity index (χ1v) is 35.8. The van der Waals surface area contributed by atoms with Crippen LogP contribution in [0.2, 0.25) is 0 Å². The number of nitrogens with zero attached hydrogens (tertiary/aromatic N) is 2. The van der Waals surface area contributed by atoms with E-state index in [2.05, 4.69) is 40.4 Å². The number of piperazine rings is 1. The molecule has 10 aromatic carbocycles.